The van der Waals surface area contributed by atoms with E-state index in [-0.39, 0.29) is 5.91 Å². The van der Waals surface area contributed by atoms with Crippen molar-refractivity contribution >= 4 is 32.6 Å². The Labute approximate surface area is 169 Å². The first-order chi connectivity index (χ1) is 13.5. The molecule has 1 heterocycles. The van der Waals surface area contributed by atoms with Crippen LogP contribution in [0, 0.1) is 20.8 Å². The zero-order chi connectivity index (χ0) is 19.7. The Kier molecular flexibility index (Phi) is 4.97. The summed E-state index contributed by atoms with van der Waals surface area (Å²) in [6, 6.07) is 22.0. The monoisotopic (exact) mass is 386 g/mol. The average Bonchev–Trinajstić information content (AvgIpc) is 3.10. The fourth-order valence-corrected chi connectivity index (χ4v) is 4.42. The lowest BCUT2D eigenvalue weighted by atomic mass is 10.1. The maximum atomic E-state index is 13.4. The highest BCUT2D eigenvalue weighted by molar-refractivity contribution is 7.22. The van der Waals surface area contributed by atoms with E-state index in [9.17, 15) is 4.79 Å². The number of carbonyl (C=O) groups is 1. The normalized spacial score (nSPS) is 11.0. The highest BCUT2D eigenvalue weighted by Crippen LogP contribution is 2.33. The Bertz CT molecular complexity index is 1150. The molecule has 4 aromatic rings. The third kappa shape index (κ3) is 3.69. The Hall–Kier alpha value is -2.98. The van der Waals surface area contributed by atoms with E-state index in [2.05, 4.69) is 26.0 Å². The van der Waals surface area contributed by atoms with Crippen LogP contribution in [-0.2, 0) is 6.54 Å². The highest BCUT2D eigenvalue weighted by atomic mass is 32.1. The molecule has 28 heavy (non-hydrogen) atoms. The van der Waals surface area contributed by atoms with Gasteiger partial charge >= 0.3 is 0 Å². The number of hydrogen-bond acceptors (Lipinski definition) is 3. The summed E-state index contributed by atoms with van der Waals surface area (Å²) in [6.45, 7) is 6.67. The van der Waals surface area contributed by atoms with Gasteiger partial charge in [0.2, 0.25) is 0 Å². The molecule has 0 spiro atoms. The molecule has 0 aliphatic carbocycles. The van der Waals surface area contributed by atoms with Crippen molar-refractivity contribution in [3.05, 3.63) is 94.5 Å². The zero-order valence-corrected chi connectivity index (χ0v) is 17.1. The van der Waals surface area contributed by atoms with E-state index in [1.807, 2.05) is 61.5 Å². The van der Waals surface area contributed by atoms with Gasteiger partial charge in [-0.25, -0.2) is 4.98 Å². The summed E-state index contributed by atoms with van der Waals surface area (Å²) in [5.74, 6) is -0.0269. The summed E-state index contributed by atoms with van der Waals surface area (Å²) in [4.78, 5) is 20.0. The molecule has 4 rings (SSSR count). The molecule has 140 valence electrons. The minimum absolute atomic E-state index is 0.0269. The van der Waals surface area contributed by atoms with E-state index in [1.165, 1.54) is 11.1 Å². The second-order valence-corrected chi connectivity index (χ2v) is 8.15. The summed E-state index contributed by atoms with van der Waals surface area (Å²) in [6.07, 6.45) is 0. The lowest BCUT2D eigenvalue weighted by molar-refractivity contribution is 0.0985. The minimum atomic E-state index is -0.0269. The van der Waals surface area contributed by atoms with Gasteiger partial charge in [-0.3, -0.25) is 9.69 Å². The van der Waals surface area contributed by atoms with Gasteiger partial charge in [0.25, 0.3) is 5.91 Å². The third-order valence-corrected chi connectivity index (χ3v) is 5.96. The fraction of sp³-hybridized carbons (Fsp3) is 0.167. The zero-order valence-electron chi connectivity index (χ0n) is 16.3. The third-order valence-electron chi connectivity index (χ3n) is 4.73. The molecule has 0 saturated heterocycles. The quantitative estimate of drug-likeness (QED) is 0.426. The van der Waals surface area contributed by atoms with Crippen molar-refractivity contribution < 1.29 is 4.79 Å². The molecule has 0 atom stereocenters. The largest absolute Gasteiger partial charge is 0.279 e. The minimum Gasteiger partial charge on any atom is -0.279 e. The average molecular weight is 387 g/mol. The SMILES string of the molecule is Cc1cccc(C(=O)N(Cc2ccccc2)c2nc3cc(C)cc(C)c3s2)c1. The number of nitrogens with zero attached hydrogens (tertiary/aromatic N) is 2. The molecule has 3 nitrogen and oxygen atoms in total. The Morgan fingerprint density at radius 3 is 2.46 bits per heavy atom. The summed E-state index contributed by atoms with van der Waals surface area (Å²) in [5, 5.41) is 0.735. The number of aryl methyl sites for hydroxylation is 3. The summed E-state index contributed by atoms with van der Waals surface area (Å²) in [5.41, 5.74) is 6.16. The van der Waals surface area contributed by atoms with Crippen LogP contribution in [0.5, 0.6) is 0 Å². The van der Waals surface area contributed by atoms with E-state index in [1.54, 1.807) is 16.2 Å². The molecule has 0 unspecified atom stereocenters. The second kappa shape index (κ2) is 7.56. The van der Waals surface area contributed by atoms with Crippen molar-refractivity contribution in [3.8, 4) is 0 Å². The molecule has 1 aromatic heterocycles. The maximum Gasteiger partial charge on any atom is 0.260 e. The Morgan fingerprint density at radius 2 is 1.71 bits per heavy atom. The van der Waals surface area contributed by atoms with Gasteiger partial charge in [-0.2, -0.15) is 0 Å². The molecule has 0 N–H and O–H groups in total. The van der Waals surface area contributed by atoms with Crippen LogP contribution in [0.4, 0.5) is 5.13 Å². The molecule has 0 aliphatic heterocycles. The first kappa shape index (κ1) is 18.4. The summed E-state index contributed by atoms with van der Waals surface area (Å²) < 4.78 is 1.13. The van der Waals surface area contributed by atoms with Crippen LogP contribution in [0.15, 0.2) is 66.7 Å². The molecule has 0 saturated carbocycles. The maximum absolute atomic E-state index is 13.4. The van der Waals surface area contributed by atoms with Crippen molar-refractivity contribution in [3.63, 3.8) is 0 Å². The van der Waals surface area contributed by atoms with E-state index >= 15 is 0 Å². The molecule has 0 radical (unpaired) electrons. The summed E-state index contributed by atoms with van der Waals surface area (Å²) in [7, 11) is 0. The van der Waals surface area contributed by atoms with Crippen molar-refractivity contribution in [1.82, 2.24) is 4.98 Å². The molecule has 3 aromatic carbocycles. The first-order valence-electron chi connectivity index (χ1n) is 9.31. The van der Waals surface area contributed by atoms with E-state index in [0.29, 0.717) is 12.1 Å². The van der Waals surface area contributed by atoms with Gasteiger partial charge in [0, 0.05) is 5.56 Å². The molecule has 0 fully saturated rings. The number of benzene rings is 3. The highest BCUT2D eigenvalue weighted by Gasteiger charge is 2.22. The van der Waals surface area contributed by atoms with Gasteiger partial charge in [-0.05, 0) is 55.7 Å². The molecular formula is C24H22N2OS. The number of hydrogen-bond donors (Lipinski definition) is 0. The smallest absolute Gasteiger partial charge is 0.260 e. The Morgan fingerprint density at radius 1 is 0.929 bits per heavy atom. The number of aromatic nitrogens is 1. The second-order valence-electron chi connectivity index (χ2n) is 7.17. The lowest BCUT2D eigenvalue weighted by Crippen LogP contribution is -2.30. The van der Waals surface area contributed by atoms with E-state index in [4.69, 9.17) is 4.98 Å². The fourth-order valence-electron chi connectivity index (χ4n) is 3.41. The predicted octanol–water partition coefficient (Wildman–Crippen LogP) is 6.07. The first-order valence-corrected chi connectivity index (χ1v) is 10.1. The van der Waals surface area contributed by atoms with Gasteiger partial charge in [0.15, 0.2) is 5.13 Å². The summed E-state index contributed by atoms with van der Waals surface area (Å²) >= 11 is 1.58. The Balaban J connectivity index is 1.80. The van der Waals surface area contributed by atoms with Crippen LogP contribution < -0.4 is 4.90 Å². The molecule has 4 heteroatoms. The standard InChI is InChI=1S/C24H22N2OS/c1-16-8-7-11-20(13-16)23(27)26(15-19-9-5-4-6-10-19)24-25-21-14-17(2)12-18(3)22(21)28-24/h4-14H,15H2,1-3H3. The van der Waals surface area contributed by atoms with Crippen molar-refractivity contribution in [2.45, 2.75) is 27.3 Å². The van der Waals surface area contributed by atoms with Crippen LogP contribution in [-0.4, -0.2) is 10.9 Å². The van der Waals surface area contributed by atoms with Crippen molar-refractivity contribution in [2.24, 2.45) is 0 Å². The number of rotatable bonds is 4. The number of carbonyl (C=O) groups excluding carboxylic acids is 1. The topological polar surface area (TPSA) is 33.2 Å². The van der Waals surface area contributed by atoms with Gasteiger partial charge in [-0.15, -0.1) is 0 Å². The lowest BCUT2D eigenvalue weighted by Gasteiger charge is -2.20. The number of anilines is 1. The van der Waals surface area contributed by atoms with Crippen LogP contribution in [0.3, 0.4) is 0 Å². The van der Waals surface area contributed by atoms with Gasteiger partial charge < -0.3 is 0 Å². The van der Waals surface area contributed by atoms with Crippen LogP contribution in [0.1, 0.15) is 32.6 Å². The van der Waals surface area contributed by atoms with Crippen molar-refractivity contribution in [2.75, 3.05) is 4.90 Å². The van der Waals surface area contributed by atoms with Crippen LogP contribution >= 0.6 is 11.3 Å². The van der Waals surface area contributed by atoms with Crippen LogP contribution in [0.2, 0.25) is 0 Å². The number of amides is 1. The molecule has 0 aliphatic rings. The van der Waals surface area contributed by atoms with Gasteiger partial charge in [-0.1, -0.05) is 65.4 Å². The van der Waals surface area contributed by atoms with E-state index in [0.717, 1.165) is 26.5 Å². The predicted molar refractivity (Wildman–Crippen MR) is 117 cm³/mol. The number of thiazole rings is 1. The molecule has 0 bridgehead atoms. The van der Waals surface area contributed by atoms with Crippen molar-refractivity contribution in [1.29, 1.82) is 0 Å². The molecular weight excluding hydrogens is 364 g/mol. The van der Waals surface area contributed by atoms with Gasteiger partial charge in [0.1, 0.15) is 0 Å². The van der Waals surface area contributed by atoms with Gasteiger partial charge in [0.05, 0.1) is 16.8 Å². The van der Waals surface area contributed by atoms with Crippen LogP contribution in [0.25, 0.3) is 10.2 Å². The molecule has 1 amide bonds. The number of fused-ring (bicyclic) bond motifs is 1. The van der Waals surface area contributed by atoms with E-state index < -0.39 is 0 Å².